The lowest BCUT2D eigenvalue weighted by Gasteiger charge is -2.03. The molecule has 0 N–H and O–H groups in total. The molecular weight excluding hydrogens is 274 g/mol. The topological polar surface area (TPSA) is 52.4 Å². The summed E-state index contributed by atoms with van der Waals surface area (Å²) >= 11 is 3.34. The fraction of sp³-hybridized carbons (Fsp3) is 0.273. The number of hydrogen-bond acceptors (Lipinski definition) is 3. The first kappa shape index (κ1) is 12.7. The molecule has 0 aliphatic carbocycles. The molecule has 0 saturated heterocycles. The lowest BCUT2D eigenvalue weighted by Crippen LogP contribution is -1.97. The molecule has 5 heteroatoms. The summed E-state index contributed by atoms with van der Waals surface area (Å²) in [7, 11) is 1.56. The molecule has 0 fully saturated rings. The van der Waals surface area contributed by atoms with Crippen molar-refractivity contribution in [2.75, 3.05) is 7.11 Å². The Kier molecular flexibility index (Phi) is 4.49. The zero-order valence-corrected chi connectivity index (χ0v) is 10.7. The Labute approximate surface area is 102 Å². The van der Waals surface area contributed by atoms with Crippen molar-refractivity contribution >= 4 is 22.0 Å². The predicted octanol–water partition coefficient (Wildman–Crippen LogP) is 3.49. The van der Waals surface area contributed by atoms with Gasteiger partial charge in [-0.3, -0.25) is 10.1 Å². The highest BCUT2D eigenvalue weighted by molar-refractivity contribution is 9.10. The first-order valence-corrected chi connectivity index (χ1v) is 5.56. The maximum Gasteiger partial charge on any atom is 0.246 e. The van der Waals surface area contributed by atoms with Crippen molar-refractivity contribution in [3.05, 3.63) is 44.0 Å². The molecule has 0 aromatic heterocycles. The van der Waals surface area contributed by atoms with Crippen molar-refractivity contribution in [2.24, 2.45) is 0 Å². The molecule has 0 atom stereocenters. The van der Waals surface area contributed by atoms with E-state index in [0.717, 1.165) is 10.0 Å². The second-order valence-corrected chi connectivity index (χ2v) is 3.99. The Morgan fingerprint density at radius 3 is 2.81 bits per heavy atom. The van der Waals surface area contributed by atoms with Crippen LogP contribution in [-0.2, 0) is 0 Å². The Bertz CT molecular complexity index is 429. The number of rotatable bonds is 4. The maximum atomic E-state index is 10.7. The van der Waals surface area contributed by atoms with Gasteiger partial charge in [0.2, 0.25) is 5.70 Å². The Hall–Kier alpha value is -1.36. The van der Waals surface area contributed by atoms with Gasteiger partial charge >= 0.3 is 0 Å². The monoisotopic (exact) mass is 285 g/mol. The number of halogens is 1. The van der Waals surface area contributed by atoms with Crippen LogP contribution in [-0.4, -0.2) is 12.0 Å². The minimum Gasteiger partial charge on any atom is -0.497 e. The molecule has 0 heterocycles. The van der Waals surface area contributed by atoms with Crippen LogP contribution in [0.3, 0.4) is 0 Å². The van der Waals surface area contributed by atoms with Crippen molar-refractivity contribution in [3.63, 3.8) is 0 Å². The summed E-state index contributed by atoms with van der Waals surface area (Å²) < 4.78 is 5.87. The number of nitrogens with zero attached hydrogens (tertiary/aromatic N) is 1. The van der Waals surface area contributed by atoms with Gasteiger partial charge in [0, 0.05) is 17.0 Å². The molecule has 86 valence electrons. The summed E-state index contributed by atoms with van der Waals surface area (Å²) in [5.41, 5.74) is 0.918. The number of allylic oxidation sites excluding steroid dienone is 1. The summed E-state index contributed by atoms with van der Waals surface area (Å²) in [5, 5.41) is 10.7. The molecule has 1 aromatic rings. The largest absolute Gasteiger partial charge is 0.497 e. The lowest BCUT2D eigenvalue weighted by atomic mass is 10.1. The van der Waals surface area contributed by atoms with E-state index in [-0.39, 0.29) is 10.6 Å². The number of nitro groups is 1. The van der Waals surface area contributed by atoms with Gasteiger partial charge in [-0.2, -0.15) is 0 Å². The van der Waals surface area contributed by atoms with E-state index in [1.165, 1.54) is 0 Å². The van der Waals surface area contributed by atoms with Crippen molar-refractivity contribution in [3.8, 4) is 5.75 Å². The van der Waals surface area contributed by atoms with Gasteiger partial charge in [0.1, 0.15) is 5.75 Å². The minimum atomic E-state index is -0.369. The van der Waals surface area contributed by atoms with Crippen molar-refractivity contribution in [2.45, 2.75) is 13.3 Å². The third-order valence-corrected chi connectivity index (χ3v) is 2.84. The van der Waals surface area contributed by atoms with Gasteiger partial charge in [-0.25, -0.2) is 0 Å². The SMILES string of the molecule is CC/C(=C/c1cc(OC)ccc1Br)[N+](=O)[O-]. The van der Waals surface area contributed by atoms with Gasteiger partial charge in [0.05, 0.1) is 12.0 Å². The van der Waals surface area contributed by atoms with E-state index >= 15 is 0 Å². The van der Waals surface area contributed by atoms with E-state index in [1.807, 2.05) is 0 Å². The molecule has 1 rings (SSSR count). The Morgan fingerprint density at radius 2 is 2.31 bits per heavy atom. The molecule has 4 nitrogen and oxygen atoms in total. The molecular formula is C11H12BrNO3. The van der Waals surface area contributed by atoms with Crippen LogP contribution in [0.1, 0.15) is 18.9 Å². The van der Waals surface area contributed by atoms with E-state index < -0.39 is 0 Å². The maximum absolute atomic E-state index is 10.7. The minimum absolute atomic E-state index is 0.175. The average Bonchev–Trinajstić information content (AvgIpc) is 2.27. The molecule has 0 radical (unpaired) electrons. The van der Waals surface area contributed by atoms with Gasteiger partial charge in [0.15, 0.2) is 0 Å². The quantitative estimate of drug-likeness (QED) is 0.629. The van der Waals surface area contributed by atoms with Crippen LogP contribution in [0, 0.1) is 10.1 Å². The Balaban J connectivity index is 3.16. The van der Waals surface area contributed by atoms with Gasteiger partial charge in [-0.05, 0) is 23.8 Å². The summed E-state index contributed by atoms with van der Waals surface area (Å²) in [4.78, 5) is 10.3. The first-order chi connectivity index (χ1) is 7.58. The lowest BCUT2D eigenvalue weighted by molar-refractivity contribution is -0.425. The highest BCUT2D eigenvalue weighted by Gasteiger charge is 2.09. The molecule has 0 bridgehead atoms. The zero-order chi connectivity index (χ0) is 12.1. The molecule has 0 unspecified atom stereocenters. The van der Waals surface area contributed by atoms with E-state index in [0.29, 0.717) is 12.2 Å². The van der Waals surface area contributed by atoms with E-state index in [9.17, 15) is 10.1 Å². The normalized spacial score (nSPS) is 11.3. The first-order valence-electron chi connectivity index (χ1n) is 4.77. The molecule has 0 aliphatic heterocycles. The van der Waals surface area contributed by atoms with Crippen LogP contribution < -0.4 is 4.74 Å². The summed E-state index contributed by atoms with van der Waals surface area (Å²) in [6.07, 6.45) is 1.93. The predicted molar refractivity (Wildman–Crippen MR) is 66.0 cm³/mol. The van der Waals surface area contributed by atoms with Crippen molar-refractivity contribution in [1.82, 2.24) is 0 Å². The van der Waals surface area contributed by atoms with Crippen LogP contribution in [0.2, 0.25) is 0 Å². The standard InChI is InChI=1S/C11H12BrNO3/c1-3-9(13(14)15)6-8-7-10(16-2)4-5-11(8)12/h4-7H,3H2,1-2H3/b9-6-. The Morgan fingerprint density at radius 1 is 1.62 bits per heavy atom. The second-order valence-electron chi connectivity index (χ2n) is 3.13. The number of ether oxygens (including phenoxy) is 1. The fourth-order valence-corrected chi connectivity index (χ4v) is 1.58. The van der Waals surface area contributed by atoms with Crippen molar-refractivity contribution in [1.29, 1.82) is 0 Å². The number of hydrogen-bond donors (Lipinski definition) is 0. The van der Waals surface area contributed by atoms with Crippen LogP contribution >= 0.6 is 15.9 Å². The van der Waals surface area contributed by atoms with Gasteiger partial charge < -0.3 is 4.74 Å². The van der Waals surface area contributed by atoms with Crippen LogP contribution in [0.15, 0.2) is 28.4 Å². The van der Waals surface area contributed by atoms with Crippen LogP contribution in [0.5, 0.6) is 5.75 Å². The summed E-state index contributed by atoms with van der Waals surface area (Å²) in [5.74, 6) is 0.674. The number of methoxy groups -OCH3 is 1. The molecule has 0 amide bonds. The van der Waals surface area contributed by atoms with Crippen LogP contribution in [0.4, 0.5) is 0 Å². The molecule has 1 aromatic carbocycles. The molecule has 0 spiro atoms. The highest BCUT2D eigenvalue weighted by Crippen LogP contribution is 2.25. The molecule has 0 saturated carbocycles. The van der Waals surface area contributed by atoms with E-state index in [2.05, 4.69) is 15.9 Å². The zero-order valence-electron chi connectivity index (χ0n) is 9.07. The molecule has 16 heavy (non-hydrogen) atoms. The third-order valence-electron chi connectivity index (χ3n) is 2.12. The van der Waals surface area contributed by atoms with Gasteiger partial charge in [-0.15, -0.1) is 0 Å². The summed E-state index contributed by atoms with van der Waals surface area (Å²) in [6.45, 7) is 1.75. The van der Waals surface area contributed by atoms with Crippen molar-refractivity contribution < 1.29 is 9.66 Å². The number of benzene rings is 1. The van der Waals surface area contributed by atoms with Gasteiger partial charge in [0.25, 0.3) is 0 Å². The average molecular weight is 286 g/mol. The highest BCUT2D eigenvalue weighted by atomic mass is 79.9. The van der Waals surface area contributed by atoms with E-state index in [1.54, 1.807) is 38.3 Å². The third kappa shape index (κ3) is 3.06. The van der Waals surface area contributed by atoms with E-state index in [4.69, 9.17) is 4.74 Å². The fourth-order valence-electron chi connectivity index (χ4n) is 1.22. The van der Waals surface area contributed by atoms with Crippen LogP contribution in [0.25, 0.3) is 6.08 Å². The smallest absolute Gasteiger partial charge is 0.246 e. The summed E-state index contributed by atoms with van der Waals surface area (Å²) in [6, 6.07) is 5.35. The molecule has 0 aliphatic rings. The second kappa shape index (κ2) is 5.65. The van der Waals surface area contributed by atoms with Gasteiger partial charge in [-0.1, -0.05) is 22.9 Å².